The standard InChI is InChI=1S/C23H31N7O/c1-16-13-21(28-27-16)26-23-20-6-4-10-30(20)15-19(25-23)17-7-11-29(12-8-17)22(31)14-18-5-2-3-9-24-18/h4,6,10,13,15,17-18,24H,2-3,5,7-9,11-12,14H2,1H3,(H2,25,26,27,28). The third-order valence-corrected chi connectivity index (χ3v) is 6.59. The van der Waals surface area contributed by atoms with E-state index in [-0.39, 0.29) is 0 Å². The first-order valence-corrected chi connectivity index (χ1v) is 11.4. The predicted octanol–water partition coefficient (Wildman–Crippen LogP) is 3.35. The third kappa shape index (κ3) is 4.44. The second kappa shape index (κ2) is 8.70. The highest BCUT2D eigenvalue weighted by Crippen LogP contribution is 2.30. The minimum absolute atomic E-state index is 0.294. The molecule has 0 spiro atoms. The van der Waals surface area contributed by atoms with Gasteiger partial charge in [-0.25, -0.2) is 4.98 Å². The molecule has 3 aromatic rings. The van der Waals surface area contributed by atoms with Crippen molar-refractivity contribution in [1.29, 1.82) is 0 Å². The lowest BCUT2D eigenvalue weighted by molar-refractivity contribution is -0.132. The molecule has 3 N–H and O–H groups in total. The highest BCUT2D eigenvalue weighted by Gasteiger charge is 2.27. The second-order valence-corrected chi connectivity index (χ2v) is 8.88. The first-order chi connectivity index (χ1) is 15.2. The Balaban J connectivity index is 1.26. The van der Waals surface area contributed by atoms with Gasteiger partial charge in [0.05, 0.1) is 11.2 Å². The van der Waals surface area contributed by atoms with Gasteiger partial charge >= 0.3 is 0 Å². The summed E-state index contributed by atoms with van der Waals surface area (Å²) in [5.41, 5.74) is 3.10. The molecule has 0 radical (unpaired) electrons. The van der Waals surface area contributed by atoms with E-state index >= 15 is 0 Å². The average Bonchev–Trinajstić information content (AvgIpc) is 3.43. The lowest BCUT2D eigenvalue weighted by Gasteiger charge is -2.33. The summed E-state index contributed by atoms with van der Waals surface area (Å²) in [6, 6.07) is 6.41. The normalized spacial score (nSPS) is 20.3. The van der Waals surface area contributed by atoms with Crippen LogP contribution in [0.25, 0.3) is 5.52 Å². The highest BCUT2D eigenvalue weighted by molar-refractivity contribution is 5.77. The van der Waals surface area contributed by atoms with Crippen LogP contribution in [0, 0.1) is 6.92 Å². The number of carbonyl (C=O) groups is 1. The average molecular weight is 422 g/mol. The minimum atomic E-state index is 0.294. The number of rotatable bonds is 5. The second-order valence-electron chi connectivity index (χ2n) is 8.88. The number of anilines is 2. The fourth-order valence-corrected chi connectivity index (χ4v) is 4.82. The van der Waals surface area contributed by atoms with Gasteiger partial charge in [0.25, 0.3) is 0 Å². The molecule has 8 heteroatoms. The van der Waals surface area contributed by atoms with E-state index in [4.69, 9.17) is 4.98 Å². The zero-order valence-electron chi connectivity index (χ0n) is 18.1. The van der Waals surface area contributed by atoms with Crippen molar-refractivity contribution < 1.29 is 4.79 Å². The lowest BCUT2D eigenvalue weighted by Crippen LogP contribution is -2.43. The molecule has 0 aliphatic carbocycles. The van der Waals surface area contributed by atoms with Crippen molar-refractivity contribution in [3.05, 3.63) is 42.0 Å². The van der Waals surface area contributed by atoms with E-state index in [9.17, 15) is 4.79 Å². The molecule has 0 bridgehead atoms. The van der Waals surface area contributed by atoms with Crippen molar-refractivity contribution in [3.63, 3.8) is 0 Å². The summed E-state index contributed by atoms with van der Waals surface area (Å²) in [7, 11) is 0. The van der Waals surface area contributed by atoms with Gasteiger partial charge in [0.1, 0.15) is 0 Å². The Morgan fingerprint density at radius 3 is 2.87 bits per heavy atom. The maximum absolute atomic E-state index is 12.8. The van der Waals surface area contributed by atoms with Crippen LogP contribution < -0.4 is 10.6 Å². The van der Waals surface area contributed by atoms with Crippen molar-refractivity contribution in [1.82, 2.24) is 29.8 Å². The maximum atomic E-state index is 12.8. The molecule has 8 nitrogen and oxygen atoms in total. The summed E-state index contributed by atoms with van der Waals surface area (Å²) in [4.78, 5) is 19.8. The number of hydrogen-bond acceptors (Lipinski definition) is 5. The molecule has 2 fully saturated rings. The third-order valence-electron chi connectivity index (χ3n) is 6.59. The van der Waals surface area contributed by atoms with Gasteiger partial charge in [-0.15, -0.1) is 0 Å². The smallest absolute Gasteiger partial charge is 0.224 e. The van der Waals surface area contributed by atoms with Crippen LogP contribution in [0.5, 0.6) is 0 Å². The van der Waals surface area contributed by atoms with Gasteiger partial charge in [0, 0.05) is 55.6 Å². The molecular formula is C23H31N7O. The maximum Gasteiger partial charge on any atom is 0.224 e. The number of amides is 1. The van der Waals surface area contributed by atoms with Crippen LogP contribution in [0.4, 0.5) is 11.6 Å². The van der Waals surface area contributed by atoms with Crippen molar-refractivity contribution in [2.24, 2.45) is 0 Å². The molecular weight excluding hydrogens is 390 g/mol. The van der Waals surface area contributed by atoms with Crippen molar-refractivity contribution in [2.45, 2.75) is 57.4 Å². The van der Waals surface area contributed by atoms with Gasteiger partial charge in [-0.05, 0) is 51.3 Å². The Labute approximate surface area is 182 Å². The number of likely N-dealkylation sites (tertiary alicyclic amines) is 1. The van der Waals surface area contributed by atoms with Crippen molar-refractivity contribution in [3.8, 4) is 0 Å². The van der Waals surface area contributed by atoms with Crippen molar-refractivity contribution in [2.75, 3.05) is 25.0 Å². The molecule has 0 saturated carbocycles. The SMILES string of the molecule is Cc1cc(Nc2nc(C3CCN(C(=O)CC4CCCCN4)CC3)cn3cccc23)n[nH]1. The van der Waals surface area contributed by atoms with Gasteiger partial charge in [-0.2, -0.15) is 5.10 Å². The zero-order chi connectivity index (χ0) is 21.2. The van der Waals surface area contributed by atoms with Crippen LogP contribution in [0.15, 0.2) is 30.6 Å². The molecule has 2 saturated heterocycles. The van der Waals surface area contributed by atoms with Crippen LogP contribution in [0.3, 0.4) is 0 Å². The fourth-order valence-electron chi connectivity index (χ4n) is 4.82. The Kier molecular flexibility index (Phi) is 5.63. The number of nitrogens with one attached hydrogen (secondary N) is 3. The highest BCUT2D eigenvalue weighted by atomic mass is 16.2. The van der Waals surface area contributed by atoms with E-state index in [2.05, 4.69) is 43.7 Å². The summed E-state index contributed by atoms with van der Waals surface area (Å²) >= 11 is 0. The number of aryl methyl sites for hydroxylation is 1. The predicted molar refractivity (Wildman–Crippen MR) is 121 cm³/mol. The molecule has 1 amide bonds. The summed E-state index contributed by atoms with van der Waals surface area (Å²) in [5.74, 6) is 2.23. The van der Waals surface area contributed by atoms with Gasteiger partial charge in [-0.3, -0.25) is 9.89 Å². The van der Waals surface area contributed by atoms with Gasteiger partial charge in [0.2, 0.25) is 5.91 Å². The quantitative estimate of drug-likeness (QED) is 0.588. The summed E-state index contributed by atoms with van der Waals surface area (Å²) in [6.07, 6.45) is 10.3. The molecule has 164 valence electrons. The van der Waals surface area contributed by atoms with Crippen molar-refractivity contribution >= 4 is 23.1 Å². The molecule has 1 unspecified atom stereocenters. The zero-order valence-corrected chi connectivity index (χ0v) is 18.1. The number of fused-ring (bicyclic) bond motifs is 1. The molecule has 5 heterocycles. The van der Waals surface area contributed by atoms with E-state index in [0.29, 0.717) is 24.3 Å². The first kappa shape index (κ1) is 20.1. The van der Waals surface area contributed by atoms with Gasteiger partial charge in [-0.1, -0.05) is 6.42 Å². The monoisotopic (exact) mass is 421 g/mol. The van der Waals surface area contributed by atoms with E-state index in [1.165, 1.54) is 12.8 Å². The Morgan fingerprint density at radius 1 is 1.26 bits per heavy atom. The summed E-state index contributed by atoms with van der Waals surface area (Å²) in [6.45, 7) is 4.64. The van der Waals surface area contributed by atoms with Crippen LogP contribution in [-0.4, -0.2) is 56.1 Å². The first-order valence-electron chi connectivity index (χ1n) is 11.4. The van der Waals surface area contributed by atoms with Crippen LogP contribution in [-0.2, 0) is 4.79 Å². The van der Waals surface area contributed by atoms with Crippen LogP contribution in [0.2, 0.25) is 0 Å². The van der Waals surface area contributed by atoms with E-state index < -0.39 is 0 Å². The Morgan fingerprint density at radius 2 is 2.13 bits per heavy atom. The Bertz CT molecular complexity index is 1040. The van der Waals surface area contributed by atoms with Crippen LogP contribution in [0.1, 0.15) is 55.8 Å². The number of carbonyl (C=O) groups excluding carboxylic acids is 1. The van der Waals surface area contributed by atoms with Gasteiger partial charge in [0.15, 0.2) is 11.6 Å². The molecule has 31 heavy (non-hydrogen) atoms. The molecule has 3 aromatic heterocycles. The summed E-state index contributed by atoms with van der Waals surface area (Å²) < 4.78 is 2.12. The van der Waals surface area contributed by atoms with Crippen LogP contribution >= 0.6 is 0 Å². The molecule has 5 rings (SSSR count). The van der Waals surface area contributed by atoms with E-state index in [1.54, 1.807) is 0 Å². The minimum Gasteiger partial charge on any atom is -0.343 e. The lowest BCUT2D eigenvalue weighted by atomic mass is 9.93. The summed E-state index contributed by atoms with van der Waals surface area (Å²) in [5, 5.41) is 14.1. The number of hydrogen-bond donors (Lipinski definition) is 3. The molecule has 0 aromatic carbocycles. The number of aromatic amines is 1. The van der Waals surface area contributed by atoms with Gasteiger partial charge < -0.3 is 19.9 Å². The Hall–Kier alpha value is -2.87. The number of piperidine rings is 2. The number of H-pyrrole nitrogens is 1. The molecule has 2 aliphatic rings. The van der Waals surface area contributed by atoms with E-state index in [0.717, 1.165) is 67.4 Å². The number of nitrogens with zero attached hydrogens (tertiary/aromatic N) is 4. The molecule has 2 aliphatic heterocycles. The molecule has 1 atom stereocenters. The number of aromatic nitrogens is 4. The van der Waals surface area contributed by atoms with E-state index in [1.807, 2.05) is 24.0 Å². The topological polar surface area (TPSA) is 90.3 Å². The largest absolute Gasteiger partial charge is 0.343 e. The fraction of sp³-hybridized carbons (Fsp3) is 0.522.